The number of carbonyl (C=O) groups excluding carboxylic acids is 2. The Morgan fingerprint density at radius 3 is 2.22 bits per heavy atom. The van der Waals surface area contributed by atoms with Crippen LogP contribution in [0.4, 0.5) is 11.4 Å². The highest BCUT2D eigenvalue weighted by Gasteiger charge is 2.16. The van der Waals surface area contributed by atoms with E-state index in [0.717, 1.165) is 23.2 Å². The number of benzene rings is 2. The van der Waals surface area contributed by atoms with Crippen molar-refractivity contribution in [3.05, 3.63) is 59.2 Å². The third-order valence-corrected chi connectivity index (χ3v) is 4.62. The molecule has 0 fully saturated rings. The number of aryl methyl sites for hydroxylation is 1. The molecule has 1 atom stereocenters. The molecule has 144 valence electrons. The lowest BCUT2D eigenvalue weighted by atomic mass is 9.96. The second-order valence-corrected chi connectivity index (χ2v) is 7.48. The molecule has 0 heterocycles. The van der Waals surface area contributed by atoms with Gasteiger partial charge in [-0.1, -0.05) is 51.1 Å². The highest BCUT2D eigenvalue weighted by atomic mass is 16.2. The topological polar surface area (TPSA) is 58.2 Å². The van der Waals surface area contributed by atoms with Crippen LogP contribution in [0.3, 0.4) is 0 Å². The highest BCUT2D eigenvalue weighted by Crippen LogP contribution is 2.23. The van der Waals surface area contributed by atoms with Crippen LogP contribution in [0.1, 0.15) is 56.7 Å². The fourth-order valence-corrected chi connectivity index (χ4v) is 2.89. The fraction of sp³-hybridized carbons (Fsp3) is 0.391. The zero-order valence-corrected chi connectivity index (χ0v) is 16.9. The van der Waals surface area contributed by atoms with E-state index in [9.17, 15) is 9.59 Å². The minimum Gasteiger partial charge on any atom is -0.326 e. The van der Waals surface area contributed by atoms with Gasteiger partial charge in [-0.25, -0.2) is 0 Å². The third kappa shape index (κ3) is 5.95. The first-order valence-corrected chi connectivity index (χ1v) is 9.60. The Kier molecular flexibility index (Phi) is 7.17. The molecule has 0 aliphatic rings. The number of carbonyl (C=O) groups is 2. The summed E-state index contributed by atoms with van der Waals surface area (Å²) in [5.74, 6) is 0.244. The maximum atomic E-state index is 12.7. The van der Waals surface area contributed by atoms with Crippen LogP contribution in [0, 0.1) is 12.8 Å². The fourth-order valence-electron chi connectivity index (χ4n) is 2.89. The third-order valence-electron chi connectivity index (χ3n) is 4.62. The van der Waals surface area contributed by atoms with Crippen molar-refractivity contribution >= 4 is 23.2 Å². The minimum absolute atomic E-state index is 0.0450. The maximum absolute atomic E-state index is 12.7. The van der Waals surface area contributed by atoms with Crippen LogP contribution in [0.2, 0.25) is 0 Å². The SMILES string of the molecule is CCC(=O)Nc1cc(NC(=O)C(C)c2ccc(CC(C)C)cc2)ccc1C. The van der Waals surface area contributed by atoms with Crippen molar-refractivity contribution in [3.8, 4) is 0 Å². The Balaban J connectivity index is 2.07. The van der Waals surface area contributed by atoms with Crippen LogP contribution in [0.5, 0.6) is 0 Å². The largest absolute Gasteiger partial charge is 0.326 e. The molecule has 0 saturated carbocycles. The average molecular weight is 367 g/mol. The Labute approximate surface area is 162 Å². The van der Waals surface area contributed by atoms with Gasteiger partial charge in [0.25, 0.3) is 0 Å². The second-order valence-electron chi connectivity index (χ2n) is 7.48. The molecule has 2 rings (SSSR count). The average Bonchev–Trinajstić information content (AvgIpc) is 2.63. The predicted molar refractivity (Wildman–Crippen MR) is 112 cm³/mol. The summed E-state index contributed by atoms with van der Waals surface area (Å²) >= 11 is 0. The molecule has 2 aromatic carbocycles. The van der Waals surface area contributed by atoms with Crippen molar-refractivity contribution in [1.29, 1.82) is 0 Å². The normalized spacial score (nSPS) is 11.9. The molecule has 0 spiro atoms. The van der Waals surface area contributed by atoms with Gasteiger partial charge in [0.2, 0.25) is 11.8 Å². The number of hydrogen-bond acceptors (Lipinski definition) is 2. The summed E-state index contributed by atoms with van der Waals surface area (Å²) in [6, 6.07) is 13.8. The Bertz CT molecular complexity index is 795. The lowest BCUT2D eigenvalue weighted by molar-refractivity contribution is -0.117. The number of rotatable bonds is 7. The van der Waals surface area contributed by atoms with Crippen LogP contribution < -0.4 is 10.6 Å². The number of anilines is 2. The second kappa shape index (κ2) is 9.36. The van der Waals surface area contributed by atoms with E-state index < -0.39 is 0 Å². The zero-order valence-electron chi connectivity index (χ0n) is 16.9. The van der Waals surface area contributed by atoms with E-state index in [4.69, 9.17) is 0 Å². The van der Waals surface area contributed by atoms with Crippen molar-refractivity contribution in [2.75, 3.05) is 10.6 Å². The quantitative estimate of drug-likeness (QED) is 0.700. The summed E-state index contributed by atoms with van der Waals surface area (Å²) in [6.45, 7) is 10.0. The summed E-state index contributed by atoms with van der Waals surface area (Å²) < 4.78 is 0. The van der Waals surface area contributed by atoms with E-state index >= 15 is 0 Å². The van der Waals surface area contributed by atoms with Gasteiger partial charge in [-0.15, -0.1) is 0 Å². The first kappa shape index (κ1) is 20.7. The Morgan fingerprint density at radius 2 is 1.63 bits per heavy atom. The van der Waals surface area contributed by atoms with Gasteiger partial charge in [0.15, 0.2) is 0 Å². The summed E-state index contributed by atoms with van der Waals surface area (Å²) in [5.41, 5.74) is 4.65. The van der Waals surface area contributed by atoms with E-state index in [1.165, 1.54) is 5.56 Å². The molecule has 2 amide bonds. The molecule has 1 unspecified atom stereocenters. The van der Waals surface area contributed by atoms with Gasteiger partial charge in [-0.3, -0.25) is 9.59 Å². The highest BCUT2D eigenvalue weighted by molar-refractivity contribution is 5.97. The summed E-state index contributed by atoms with van der Waals surface area (Å²) in [6.07, 6.45) is 1.45. The molecule has 2 N–H and O–H groups in total. The standard InChI is InChI=1S/C23H30N2O2/c1-6-22(26)25-21-14-20(12-7-16(21)4)24-23(27)17(5)19-10-8-18(9-11-19)13-15(2)3/h7-12,14-15,17H,6,13H2,1-5H3,(H,24,27)(H,25,26). The molecule has 0 aliphatic carbocycles. The Hall–Kier alpha value is -2.62. The molecule has 0 aliphatic heterocycles. The van der Waals surface area contributed by atoms with E-state index in [1.54, 1.807) is 6.07 Å². The van der Waals surface area contributed by atoms with Crippen LogP contribution in [0.25, 0.3) is 0 Å². The van der Waals surface area contributed by atoms with E-state index in [1.807, 2.05) is 45.0 Å². The molecule has 0 saturated heterocycles. The molecule has 4 nitrogen and oxygen atoms in total. The van der Waals surface area contributed by atoms with Crippen molar-refractivity contribution in [2.45, 2.75) is 53.4 Å². The molecule has 0 aromatic heterocycles. The minimum atomic E-state index is -0.256. The number of hydrogen-bond donors (Lipinski definition) is 2. The van der Waals surface area contributed by atoms with Crippen molar-refractivity contribution in [2.24, 2.45) is 5.92 Å². The van der Waals surface area contributed by atoms with Gasteiger partial charge in [-0.05, 0) is 55.0 Å². The van der Waals surface area contributed by atoms with Crippen molar-refractivity contribution < 1.29 is 9.59 Å². The van der Waals surface area contributed by atoms with Crippen LogP contribution in [-0.2, 0) is 16.0 Å². The van der Waals surface area contributed by atoms with Crippen LogP contribution in [-0.4, -0.2) is 11.8 Å². The molecule has 2 aromatic rings. The van der Waals surface area contributed by atoms with E-state index in [2.05, 4.69) is 36.6 Å². The molecular weight excluding hydrogens is 336 g/mol. The molecule has 0 radical (unpaired) electrons. The first-order chi connectivity index (χ1) is 12.8. The molecule has 0 bridgehead atoms. The van der Waals surface area contributed by atoms with E-state index in [-0.39, 0.29) is 17.7 Å². The monoisotopic (exact) mass is 366 g/mol. The summed E-state index contributed by atoms with van der Waals surface area (Å²) in [7, 11) is 0. The van der Waals surface area contributed by atoms with Crippen molar-refractivity contribution in [1.82, 2.24) is 0 Å². The van der Waals surface area contributed by atoms with Crippen LogP contribution in [0.15, 0.2) is 42.5 Å². The lowest BCUT2D eigenvalue weighted by Gasteiger charge is -2.15. The van der Waals surface area contributed by atoms with Gasteiger partial charge in [0.1, 0.15) is 0 Å². The molecule has 27 heavy (non-hydrogen) atoms. The first-order valence-electron chi connectivity index (χ1n) is 9.60. The predicted octanol–water partition coefficient (Wildman–Crippen LogP) is 5.28. The Morgan fingerprint density at radius 1 is 0.963 bits per heavy atom. The smallest absolute Gasteiger partial charge is 0.231 e. The van der Waals surface area contributed by atoms with E-state index in [0.29, 0.717) is 18.0 Å². The van der Waals surface area contributed by atoms with Gasteiger partial charge in [0.05, 0.1) is 5.92 Å². The summed E-state index contributed by atoms with van der Waals surface area (Å²) in [4.78, 5) is 24.3. The molecular formula is C23H30N2O2. The van der Waals surface area contributed by atoms with Gasteiger partial charge >= 0.3 is 0 Å². The zero-order chi connectivity index (χ0) is 20.0. The summed E-state index contributed by atoms with van der Waals surface area (Å²) in [5, 5.41) is 5.82. The number of nitrogens with one attached hydrogen (secondary N) is 2. The maximum Gasteiger partial charge on any atom is 0.231 e. The van der Waals surface area contributed by atoms with Gasteiger partial charge < -0.3 is 10.6 Å². The molecule has 4 heteroatoms. The van der Waals surface area contributed by atoms with Gasteiger partial charge in [0, 0.05) is 17.8 Å². The van der Waals surface area contributed by atoms with Crippen LogP contribution >= 0.6 is 0 Å². The number of amides is 2. The van der Waals surface area contributed by atoms with Crippen molar-refractivity contribution in [3.63, 3.8) is 0 Å². The lowest BCUT2D eigenvalue weighted by Crippen LogP contribution is -2.19. The van der Waals surface area contributed by atoms with Gasteiger partial charge in [-0.2, -0.15) is 0 Å².